The summed E-state index contributed by atoms with van der Waals surface area (Å²) in [6.07, 6.45) is 1.82. The predicted octanol–water partition coefficient (Wildman–Crippen LogP) is 3.48. The van der Waals surface area contributed by atoms with Crippen molar-refractivity contribution >= 4 is 28.6 Å². The van der Waals surface area contributed by atoms with Crippen molar-refractivity contribution in [3.8, 4) is 0 Å². The summed E-state index contributed by atoms with van der Waals surface area (Å²) in [4.78, 5) is 32.8. The van der Waals surface area contributed by atoms with Crippen LogP contribution in [0.2, 0.25) is 0 Å². The van der Waals surface area contributed by atoms with E-state index in [4.69, 9.17) is 5.11 Å². The summed E-state index contributed by atoms with van der Waals surface area (Å²) in [6.45, 7) is 2.00. The van der Waals surface area contributed by atoms with E-state index >= 15 is 0 Å². The maximum atomic E-state index is 12.8. The zero-order valence-electron chi connectivity index (χ0n) is 15.9. The second-order valence-electron chi connectivity index (χ2n) is 7.00. The van der Waals surface area contributed by atoms with Crippen molar-refractivity contribution in [1.82, 2.24) is 15.0 Å². The fraction of sp³-hybridized carbons (Fsp3) is 0.227. The van der Waals surface area contributed by atoms with Gasteiger partial charge in [-0.2, -0.15) is 5.10 Å². The number of carboxylic acid groups (broad SMARTS) is 1. The highest BCUT2D eigenvalue weighted by molar-refractivity contribution is 6.04. The number of fused-ring (bicyclic) bond motifs is 1. The van der Waals surface area contributed by atoms with Gasteiger partial charge in [0.15, 0.2) is 0 Å². The standard InChI is InChI=1S/C22H20N4O3/c1-14-6-2-3-7-15(14)18-12-20(26(25-18)21(27)10-11-22(28)29)19-13-23-16-8-4-5-9-17(16)24-19/h2-9,13,20H,10-12H2,1H3,(H,28,29). The number of aryl methyl sites for hydroxylation is 1. The summed E-state index contributed by atoms with van der Waals surface area (Å²) >= 11 is 0. The lowest BCUT2D eigenvalue weighted by Crippen LogP contribution is -2.28. The Kier molecular flexibility index (Phi) is 5.03. The second kappa shape index (κ2) is 7.79. The molecule has 1 aliphatic heterocycles. The van der Waals surface area contributed by atoms with Gasteiger partial charge in [0, 0.05) is 18.4 Å². The van der Waals surface area contributed by atoms with Gasteiger partial charge in [-0.05, 0) is 24.6 Å². The number of benzene rings is 2. The molecule has 1 amide bonds. The van der Waals surface area contributed by atoms with E-state index in [-0.39, 0.29) is 18.7 Å². The zero-order valence-corrected chi connectivity index (χ0v) is 15.9. The lowest BCUT2D eigenvalue weighted by Gasteiger charge is -2.21. The molecule has 1 aromatic heterocycles. The van der Waals surface area contributed by atoms with Gasteiger partial charge in [0.25, 0.3) is 0 Å². The maximum absolute atomic E-state index is 12.8. The van der Waals surface area contributed by atoms with E-state index in [1.165, 1.54) is 5.01 Å². The largest absolute Gasteiger partial charge is 0.481 e. The average molecular weight is 388 g/mol. The summed E-state index contributed by atoms with van der Waals surface area (Å²) in [5.41, 5.74) is 4.98. The van der Waals surface area contributed by atoms with Crippen molar-refractivity contribution in [2.24, 2.45) is 5.10 Å². The molecule has 0 radical (unpaired) electrons. The first-order valence-corrected chi connectivity index (χ1v) is 9.42. The van der Waals surface area contributed by atoms with Gasteiger partial charge in [0.1, 0.15) is 6.04 Å². The summed E-state index contributed by atoms with van der Waals surface area (Å²) in [6, 6.07) is 15.0. The van der Waals surface area contributed by atoms with Gasteiger partial charge in [-0.15, -0.1) is 0 Å². The van der Waals surface area contributed by atoms with Crippen molar-refractivity contribution in [3.05, 3.63) is 71.5 Å². The van der Waals surface area contributed by atoms with Gasteiger partial charge in [0.05, 0.1) is 35.1 Å². The van der Waals surface area contributed by atoms with Gasteiger partial charge in [-0.25, -0.2) is 9.99 Å². The number of amides is 1. The number of carbonyl (C=O) groups excluding carboxylic acids is 1. The lowest BCUT2D eigenvalue weighted by molar-refractivity contribution is -0.141. The first-order chi connectivity index (χ1) is 14.0. The molecule has 0 bridgehead atoms. The molecule has 7 heteroatoms. The minimum absolute atomic E-state index is 0.114. The maximum Gasteiger partial charge on any atom is 0.303 e. The second-order valence-corrected chi connectivity index (χ2v) is 7.00. The highest BCUT2D eigenvalue weighted by atomic mass is 16.4. The molecule has 0 aliphatic carbocycles. The summed E-state index contributed by atoms with van der Waals surface area (Å²) in [5, 5.41) is 14.9. The normalized spacial score (nSPS) is 16.1. The Morgan fingerprint density at radius 2 is 1.79 bits per heavy atom. The predicted molar refractivity (Wildman–Crippen MR) is 108 cm³/mol. The Bertz CT molecular complexity index is 1130. The summed E-state index contributed by atoms with van der Waals surface area (Å²) in [5.74, 6) is -1.35. The van der Waals surface area contributed by atoms with Crippen molar-refractivity contribution in [1.29, 1.82) is 0 Å². The number of hydrogen-bond donors (Lipinski definition) is 1. The molecule has 2 heterocycles. The van der Waals surface area contributed by atoms with Crippen LogP contribution in [0.4, 0.5) is 0 Å². The quantitative estimate of drug-likeness (QED) is 0.722. The average Bonchev–Trinajstić information content (AvgIpc) is 3.17. The molecule has 3 aromatic rings. The zero-order chi connectivity index (χ0) is 20.4. The topological polar surface area (TPSA) is 95.8 Å². The van der Waals surface area contributed by atoms with Crippen LogP contribution in [0.15, 0.2) is 59.8 Å². The first kappa shape index (κ1) is 18.7. The molecule has 2 aromatic carbocycles. The van der Waals surface area contributed by atoms with E-state index in [0.717, 1.165) is 27.9 Å². The molecule has 0 fully saturated rings. The first-order valence-electron chi connectivity index (χ1n) is 9.42. The van der Waals surface area contributed by atoms with Crippen LogP contribution in [-0.2, 0) is 9.59 Å². The van der Waals surface area contributed by atoms with E-state index in [1.807, 2.05) is 55.5 Å². The number of aliphatic carboxylic acids is 1. The van der Waals surface area contributed by atoms with Crippen molar-refractivity contribution < 1.29 is 14.7 Å². The van der Waals surface area contributed by atoms with E-state index in [1.54, 1.807) is 6.20 Å². The minimum Gasteiger partial charge on any atom is -0.481 e. The molecule has 0 spiro atoms. The summed E-state index contributed by atoms with van der Waals surface area (Å²) < 4.78 is 0. The van der Waals surface area contributed by atoms with Crippen LogP contribution in [0.5, 0.6) is 0 Å². The van der Waals surface area contributed by atoms with Gasteiger partial charge in [0.2, 0.25) is 5.91 Å². The van der Waals surface area contributed by atoms with E-state index in [2.05, 4.69) is 15.1 Å². The van der Waals surface area contributed by atoms with Crippen LogP contribution in [-0.4, -0.2) is 37.7 Å². The van der Waals surface area contributed by atoms with Crippen LogP contribution < -0.4 is 0 Å². The SMILES string of the molecule is Cc1ccccc1C1=NN(C(=O)CCC(=O)O)C(c2cnc3ccccc3n2)C1. The molecular weight excluding hydrogens is 368 g/mol. The van der Waals surface area contributed by atoms with E-state index in [0.29, 0.717) is 12.1 Å². The number of carboxylic acids is 1. The molecule has 7 nitrogen and oxygen atoms in total. The molecule has 4 rings (SSSR count). The molecule has 1 aliphatic rings. The Balaban J connectivity index is 1.71. The Labute approximate surface area is 167 Å². The molecule has 1 unspecified atom stereocenters. The molecule has 0 saturated carbocycles. The fourth-order valence-corrected chi connectivity index (χ4v) is 3.49. The number of para-hydroxylation sites is 2. The van der Waals surface area contributed by atoms with Gasteiger partial charge >= 0.3 is 5.97 Å². The smallest absolute Gasteiger partial charge is 0.303 e. The van der Waals surface area contributed by atoms with Crippen molar-refractivity contribution in [2.45, 2.75) is 32.2 Å². The molecule has 1 atom stereocenters. The number of aromatic nitrogens is 2. The van der Waals surface area contributed by atoms with Crippen molar-refractivity contribution in [3.63, 3.8) is 0 Å². The minimum atomic E-state index is -1.01. The third-order valence-corrected chi connectivity index (χ3v) is 4.98. The molecule has 0 saturated heterocycles. The molecule has 1 N–H and O–H groups in total. The highest BCUT2D eigenvalue weighted by Crippen LogP contribution is 2.33. The van der Waals surface area contributed by atoms with E-state index in [9.17, 15) is 9.59 Å². The van der Waals surface area contributed by atoms with Gasteiger partial charge in [-0.3, -0.25) is 14.6 Å². The lowest BCUT2D eigenvalue weighted by atomic mass is 9.98. The Morgan fingerprint density at radius 1 is 1.07 bits per heavy atom. The van der Waals surface area contributed by atoms with Gasteiger partial charge < -0.3 is 5.11 Å². The van der Waals surface area contributed by atoms with Crippen LogP contribution >= 0.6 is 0 Å². The molecule has 29 heavy (non-hydrogen) atoms. The number of rotatable bonds is 5. The number of nitrogens with zero attached hydrogens (tertiary/aromatic N) is 4. The number of hydrogen-bond acceptors (Lipinski definition) is 5. The van der Waals surface area contributed by atoms with Crippen molar-refractivity contribution in [2.75, 3.05) is 0 Å². The Hall–Kier alpha value is -3.61. The van der Waals surface area contributed by atoms with Crippen LogP contribution in [0.1, 0.15) is 42.1 Å². The van der Waals surface area contributed by atoms with Crippen LogP contribution in [0.3, 0.4) is 0 Å². The third kappa shape index (κ3) is 3.85. The third-order valence-electron chi connectivity index (χ3n) is 4.98. The number of hydrazone groups is 1. The fourth-order valence-electron chi connectivity index (χ4n) is 3.49. The van der Waals surface area contributed by atoms with Gasteiger partial charge in [-0.1, -0.05) is 36.4 Å². The summed E-state index contributed by atoms with van der Waals surface area (Å²) in [7, 11) is 0. The number of carbonyl (C=O) groups is 2. The Morgan fingerprint density at radius 3 is 2.55 bits per heavy atom. The highest BCUT2D eigenvalue weighted by Gasteiger charge is 2.34. The van der Waals surface area contributed by atoms with E-state index < -0.39 is 12.0 Å². The monoisotopic (exact) mass is 388 g/mol. The van der Waals surface area contributed by atoms with Crippen LogP contribution in [0.25, 0.3) is 11.0 Å². The molecule has 146 valence electrons. The molecular formula is C22H20N4O3. The van der Waals surface area contributed by atoms with Crippen LogP contribution in [0, 0.1) is 6.92 Å².